The molecular formula is C22H16FN3O3S3. The Morgan fingerprint density at radius 3 is 2.50 bits per heavy atom. The predicted molar refractivity (Wildman–Crippen MR) is 130 cm³/mol. The van der Waals surface area contributed by atoms with Gasteiger partial charge in [0.15, 0.2) is 9.45 Å². The van der Waals surface area contributed by atoms with Crippen molar-refractivity contribution >= 4 is 74.0 Å². The molecule has 6 nitrogen and oxygen atoms in total. The maximum absolute atomic E-state index is 13.2. The fraction of sp³-hybridized carbons (Fsp3) is 0.0909. The minimum atomic E-state index is -0.392. The summed E-state index contributed by atoms with van der Waals surface area (Å²) in [4.78, 5) is 33.0. The Kier molecular flexibility index (Phi) is 6.35. The molecule has 1 saturated heterocycles. The molecule has 10 heteroatoms. The highest BCUT2D eigenvalue weighted by atomic mass is 32.2. The molecule has 1 aromatic heterocycles. The zero-order chi connectivity index (χ0) is 22.8. The van der Waals surface area contributed by atoms with Gasteiger partial charge in [-0.25, -0.2) is 9.37 Å². The Morgan fingerprint density at radius 1 is 1.19 bits per heavy atom. The van der Waals surface area contributed by atoms with E-state index in [2.05, 4.69) is 4.98 Å². The molecule has 0 N–H and O–H groups in total. The summed E-state index contributed by atoms with van der Waals surface area (Å²) in [5.74, 6) is -0.213. The third-order valence-electron chi connectivity index (χ3n) is 4.50. The second-order valence-corrected chi connectivity index (χ2v) is 9.11. The molecule has 3 aromatic rings. The fourth-order valence-corrected chi connectivity index (χ4v) is 5.15. The highest BCUT2D eigenvalue weighted by molar-refractivity contribution is 8.27. The van der Waals surface area contributed by atoms with Crippen molar-refractivity contribution < 1.29 is 18.7 Å². The molecule has 2 amide bonds. The largest absolute Gasteiger partial charge is 0.497 e. The van der Waals surface area contributed by atoms with E-state index in [1.54, 1.807) is 42.8 Å². The molecule has 4 rings (SSSR count). The average molecular weight is 486 g/mol. The number of ether oxygens (including phenoxy) is 1. The molecule has 162 valence electrons. The number of hydrogen-bond acceptors (Lipinski definition) is 7. The van der Waals surface area contributed by atoms with Crippen LogP contribution in [0.4, 0.5) is 20.9 Å². The first-order valence-corrected chi connectivity index (χ1v) is 11.4. The number of aromatic nitrogens is 1. The summed E-state index contributed by atoms with van der Waals surface area (Å²) in [6.45, 7) is 1.46. The van der Waals surface area contributed by atoms with Crippen LogP contribution in [-0.4, -0.2) is 28.2 Å². The van der Waals surface area contributed by atoms with Gasteiger partial charge in [-0.2, -0.15) is 0 Å². The van der Waals surface area contributed by atoms with Crippen LogP contribution in [0, 0.1) is 5.82 Å². The van der Waals surface area contributed by atoms with Crippen LogP contribution < -0.4 is 14.5 Å². The quantitative estimate of drug-likeness (QED) is 0.357. The number of thiocarbonyl (C=S) groups is 1. The van der Waals surface area contributed by atoms with Crippen LogP contribution in [0.2, 0.25) is 0 Å². The molecule has 2 heterocycles. The van der Waals surface area contributed by atoms with E-state index in [0.717, 1.165) is 11.8 Å². The van der Waals surface area contributed by atoms with Gasteiger partial charge in [-0.05, 0) is 54.6 Å². The maximum Gasteiger partial charge on any atom is 0.270 e. The van der Waals surface area contributed by atoms with Gasteiger partial charge in [0.2, 0.25) is 5.91 Å². The number of benzene rings is 2. The van der Waals surface area contributed by atoms with E-state index in [1.807, 2.05) is 0 Å². The highest BCUT2D eigenvalue weighted by Gasteiger charge is 2.33. The van der Waals surface area contributed by atoms with Gasteiger partial charge in [0.25, 0.3) is 5.91 Å². The van der Waals surface area contributed by atoms with Gasteiger partial charge < -0.3 is 4.74 Å². The van der Waals surface area contributed by atoms with Gasteiger partial charge in [-0.3, -0.25) is 19.4 Å². The zero-order valence-electron chi connectivity index (χ0n) is 16.9. The Hall–Kier alpha value is -3.08. The monoisotopic (exact) mass is 485 g/mol. The van der Waals surface area contributed by atoms with Crippen LogP contribution in [0.15, 0.2) is 58.8 Å². The Morgan fingerprint density at radius 2 is 1.88 bits per heavy atom. The minimum Gasteiger partial charge on any atom is -0.497 e. The van der Waals surface area contributed by atoms with E-state index in [4.69, 9.17) is 17.0 Å². The van der Waals surface area contributed by atoms with E-state index in [9.17, 15) is 14.0 Å². The summed E-state index contributed by atoms with van der Waals surface area (Å²) in [5.41, 5.74) is 1.68. The summed E-state index contributed by atoms with van der Waals surface area (Å²) in [6.07, 6.45) is 1.63. The molecule has 1 fully saturated rings. The number of rotatable bonds is 5. The van der Waals surface area contributed by atoms with Crippen molar-refractivity contribution in [2.45, 2.75) is 6.92 Å². The van der Waals surface area contributed by atoms with Crippen molar-refractivity contribution in [1.29, 1.82) is 0 Å². The van der Waals surface area contributed by atoms with Crippen molar-refractivity contribution in [1.82, 2.24) is 4.98 Å². The number of carbonyl (C=O) groups excluding carboxylic acids is 2. The molecule has 1 aliphatic heterocycles. The van der Waals surface area contributed by atoms with Crippen LogP contribution in [0.3, 0.4) is 0 Å². The number of carbonyl (C=O) groups is 2. The molecule has 0 bridgehead atoms. The molecule has 0 atom stereocenters. The normalized spacial score (nSPS) is 14.8. The molecule has 0 radical (unpaired) electrons. The lowest BCUT2D eigenvalue weighted by molar-refractivity contribution is -0.116. The van der Waals surface area contributed by atoms with Gasteiger partial charge in [0.05, 0.1) is 29.1 Å². The third-order valence-corrected chi connectivity index (χ3v) is 6.65. The molecule has 32 heavy (non-hydrogen) atoms. The third kappa shape index (κ3) is 4.43. The Bertz CT molecular complexity index is 1220. The van der Waals surface area contributed by atoms with Crippen molar-refractivity contribution in [3.63, 3.8) is 0 Å². The number of amides is 2. The molecule has 0 spiro atoms. The fourth-order valence-electron chi connectivity index (χ4n) is 3.02. The summed E-state index contributed by atoms with van der Waals surface area (Å²) in [6, 6.07) is 12.6. The highest BCUT2D eigenvalue weighted by Crippen LogP contribution is 2.37. The van der Waals surface area contributed by atoms with Gasteiger partial charge in [-0.15, -0.1) is 11.3 Å². The van der Waals surface area contributed by atoms with Crippen molar-refractivity contribution in [2.75, 3.05) is 16.9 Å². The van der Waals surface area contributed by atoms with E-state index < -0.39 is 5.82 Å². The van der Waals surface area contributed by atoms with Crippen LogP contribution in [0.5, 0.6) is 5.75 Å². The van der Waals surface area contributed by atoms with Crippen LogP contribution in [0.1, 0.15) is 12.6 Å². The molecular weight excluding hydrogens is 469 g/mol. The SMILES string of the molecule is COc1ccc(N(C(C)=O)c2nc(/C=C3\SC(=S)N(c4ccc(F)cc4)C3=O)cs2)cc1. The second kappa shape index (κ2) is 9.19. The van der Waals surface area contributed by atoms with Crippen molar-refractivity contribution in [3.05, 3.63) is 70.3 Å². The van der Waals surface area contributed by atoms with Crippen LogP contribution in [-0.2, 0) is 9.59 Å². The predicted octanol–water partition coefficient (Wildman–Crippen LogP) is 5.38. The Balaban J connectivity index is 1.60. The molecule has 1 aliphatic rings. The number of nitrogens with zero attached hydrogens (tertiary/aromatic N) is 3. The van der Waals surface area contributed by atoms with E-state index in [-0.39, 0.29) is 11.8 Å². The summed E-state index contributed by atoms with van der Waals surface area (Å²) in [7, 11) is 1.57. The number of anilines is 3. The van der Waals surface area contributed by atoms with Gasteiger partial charge in [-0.1, -0.05) is 24.0 Å². The van der Waals surface area contributed by atoms with Gasteiger partial charge in [0, 0.05) is 12.3 Å². The molecule has 0 saturated carbocycles. The number of halogens is 1. The van der Waals surface area contributed by atoms with E-state index >= 15 is 0 Å². The first-order valence-electron chi connectivity index (χ1n) is 9.31. The lowest BCUT2D eigenvalue weighted by Crippen LogP contribution is -2.27. The second-order valence-electron chi connectivity index (χ2n) is 6.60. The summed E-state index contributed by atoms with van der Waals surface area (Å²) >= 11 is 7.77. The average Bonchev–Trinajstić information content (AvgIpc) is 3.33. The lowest BCUT2D eigenvalue weighted by atomic mass is 10.2. The summed E-state index contributed by atoms with van der Waals surface area (Å²) in [5, 5.41) is 2.24. The minimum absolute atomic E-state index is 0.196. The van der Waals surface area contributed by atoms with E-state index in [1.165, 1.54) is 52.3 Å². The smallest absolute Gasteiger partial charge is 0.270 e. The molecule has 2 aromatic carbocycles. The first-order chi connectivity index (χ1) is 15.4. The standard InChI is InChI=1S/C22H16FN3O3S3/c1-13(27)25(16-7-9-18(29-2)10-8-16)21-24-15(12-31-21)11-19-20(28)26(22(30)32-19)17-5-3-14(23)4-6-17/h3-12H,1-2H3/b19-11-. The number of thiazole rings is 1. The number of methoxy groups -OCH3 is 1. The van der Waals surface area contributed by atoms with Crippen LogP contribution >= 0.6 is 35.3 Å². The zero-order valence-corrected chi connectivity index (χ0v) is 19.4. The lowest BCUT2D eigenvalue weighted by Gasteiger charge is -2.18. The van der Waals surface area contributed by atoms with E-state index in [0.29, 0.717) is 37.2 Å². The molecule has 0 unspecified atom stereocenters. The topological polar surface area (TPSA) is 62.7 Å². The number of thioether (sulfide) groups is 1. The van der Waals surface area contributed by atoms with Crippen molar-refractivity contribution in [3.8, 4) is 5.75 Å². The van der Waals surface area contributed by atoms with Crippen molar-refractivity contribution in [2.24, 2.45) is 0 Å². The summed E-state index contributed by atoms with van der Waals surface area (Å²) < 4.78 is 18.7. The van der Waals surface area contributed by atoms with Crippen LogP contribution in [0.25, 0.3) is 6.08 Å². The van der Waals surface area contributed by atoms with Gasteiger partial charge >= 0.3 is 0 Å². The molecule has 0 aliphatic carbocycles. The first kappa shape index (κ1) is 22.1. The number of hydrogen-bond donors (Lipinski definition) is 0. The Labute approximate surface area is 197 Å². The van der Waals surface area contributed by atoms with Gasteiger partial charge in [0.1, 0.15) is 11.6 Å². The maximum atomic E-state index is 13.2.